The number of furan rings is 1. The fourth-order valence-corrected chi connectivity index (χ4v) is 11.9. The van der Waals surface area contributed by atoms with Crippen molar-refractivity contribution in [2.75, 3.05) is 4.90 Å². The lowest BCUT2D eigenvalue weighted by molar-refractivity contribution is 0.670. The van der Waals surface area contributed by atoms with Crippen LogP contribution in [-0.4, -0.2) is 0 Å². The summed E-state index contributed by atoms with van der Waals surface area (Å²) in [5.41, 5.74) is 21.5. The van der Waals surface area contributed by atoms with Crippen molar-refractivity contribution >= 4 is 49.8 Å². The normalized spacial score (nSPS) is 12.5. The highest BCUT2D eigenvalue weighted by molar-refractivity contribution is 6.10. The molecule has 1 aliphatic carbocycles. The Morgan fingerprint density at radius 1 is 0.288 bits per heavy atom. The summed E-state index contributed by atoms with van der Waals surface area (Å²) in [7, 11) is 0. The summed E-state index contributed by atoms with van der Waals surface area (Å²) in [6, 6.07) is 104. The van der Waals surface area contributed by atoms with E-state index in [1.54, 1.807) is 0 Å². The largest absolute Gasteiger partial charge is 0.455 e. The van der Waals surface area contributed by atoms with E-state index in [-0.39, 0.29) is 0 Å². The molecule has 73 heavy (non-hydrogen) atoms. The fourth-order valence-electron chi connectivity index (χ4n) is 11.9. The predicted octanol–water partition coefficient (Wildman–Crippen LogP) is 19.2. The van der Waals surface area contributed by atoms with Gasteiger partial charge in [0.15, 0.2) is 0 Å². The standard InChI is InChI=1S/C71H47NO/c1-3-20-54(21-4-1)71(55-22-5-2-6-23-55)66-32-11-9-27-65(66)69-61(29-16-33-67(69)71)52-41-45-57(46-42-52)72(58-24-13-19-53(47-58)62-30-15-31-64-63-26-10-12-34-68(63)73-70(62)64)56-43-39-49(40-44-56)48-35-37-51(38-36-48)60-28-14-18-50-17-7-8-25-59(50)60/h1-47H. The minimum absolute atomic E-state index is 0.468. The van der Waals surface area contributed by atoms with E-state index in [1.807, 2.05) is 6.07 Å². The van der Waals surface area contributed by atoms with Crippen molar-refractivity contribution in [3.63, 3.8) is 0 Å². The van der Waals surface area contributed by atoms with Crippen LogP contribution in [0.3, 0.4) is 0 Å². The van der Waals surface area contributed by atoms with Gasteiger partial charge in [0.1, 0.15) is 11.2 Å². The van der Waals surface area contributed by atoms with Crippen LogP contribution in [0.1, 0.15) is 22.3 Å². The molecule has 0 atom stereocenters. The van der Waals surface area contributed by atoms with E-state index in [9.17, 15) is 0 Å². The molecule has 13 aromatic rings. The maximum atomic E-state index is 6.57. The molecule has 1 aliphatic rings. The van der Waals surface area contributed by atoms with Gasteiger partial charge in [0, 0.05) is 33.4 Å². The number of rotatable bonds is 9. The SMILES string of the molecule is c1ccc(C2(c3ccccc3)c3ccccc3-c3c(-c4ccc(N(c5ccc(-c6ccc(-c7cccc8ccccc78)cc6)cc5)c5cccc(-c6cccc7c6oc6ccccc67)c5)cc4)cccc32)cc1. The van der Waals surface area contributed by atoms with Crippen LogP contribution in [0, 0.1) is 0 Å². The summed E-state index contributed by atoms with van der Waals surface area (Å²) >= 11 is 0. The van der Waals surface area contributed by atoms with Gasteiger partial charge in [-0.05, 0) is 126 Å². The van der Waals surface area contributed by atoms with Crippen LogP contribution in [0.5, 0.6) is 0 Å². The molecule has 12 aromatic carbocycles. The highest BCUT2D eigenvalue weighted by Gasteiger charge is 2.46. The molecule has 1 heterocycles. The van der Waals surface area contributed by atoms with E-state index >= 15 is 0 Å². The van der Waals surface area contributed by atoms with Crippen LogP contribution >= 0.6 is 0 Å². The lowest BCUT2D eigenvalue weighted by atomic mass is 9.67. The van der Waals surface area contributed by atoms with Gasteiger partial charge in [0.2, 0.25) is 0 Å². The Hall–Kier alpha value is -9.50. The van der Waals surface area contributed by atoms with E-state index < -0.39 is 5.41 Å². The van der Waals surface area contributed by atoms with Gasteiger partial charge in [0.25, 0.3) is 0 Å². The Morgan fingerprint density at radius 2 is 0.781 bits per heavy atom. The summed E-state index contributed by atoms with van der Waals surface area (Å²) in [6.07, 6.45) is 0. The number of hydrogen-bond donors (Lipinski definition) is 0. The Morgan fingerprint density at radius 3 is 1.53 bits per heavy atom. The van der Waals surface area contributed by atoms with Gasteiger partial charge < -0.3 is 9.32 Å². The molecular formula is C71H47NO. The zero-order valence-corrected chi connectivity index (χ0v) is 40.0. The van der Waals surface area contributed by atoms with Crippen molar-refractivity contribution in [3.05, 3.63) is 307 Å². The topological polar surface area (TPSA) is 16.4 Å². The molecule has 0 saturated carbocycles. The number of benzene rings is 12. The molecule has 0 unspecified atom stereocenters. The van der Waals surface area contributed by atoms with Crippen molar-refractivity contribution in [1.82, 2.24) is 0 Å². The van der Waals surface area contributed by atoms with Gasteiger partial charge in [-0.25, -0.2) is 0 Å². The number of nitrogens with zero attached hydrogens (tertiary/aromatic N) is 1. The molecule has 342 valence electrons. The average molecular weight is 930 g/mol. The summed E-state index contributed by atoms with van der Waals surface area (Å²) in [4.78, 5) is 2.37. The van der Waals surface area contributed by atoms with Gasteiger partial charge in [-0.2, -0.15) is 0 Å². The Bertz CT molecular complexity index is 4130. The molecule has 0 fully saturated rings. The molecule has 1 aromatic heterocycles. The number of fused-ring (bicyclic) bond motifs is 7. The third kappa shape index (κ3) is 6.94. The zero-order valence-electron chi connectivity index (χ0n) is 40.0. The fraction of sp³-hybridized carbons (Fsp3) is 0.0141. The van der Waals surface area contributed by atoms with Gasteiger partial charge in [-0.15, -0.1) is 0 Å². The molecule has 0 aliphatic heterocycles. The first kappa shape index (κ1) is 42.4. The summed E-state index contributed by atoms with van der Waals surface area (Å²) in [5.74, 6) is 0. The monoisotopic (exact) mass is 929 g/mol. The molecule has 2 heteroatoms. The van der Waals surface area contributed by atoms with Crippen molar-refractivity contribution < 1.29 is 4.42 Å². The molecule has 14 rings (SSSR count). The second-order valence-electron chi connectivity index (χ2n) is 19.1. The predicted molar refractivity (Wildman–Crippen MR) is 305 cm³/mol. The second kappa shape index (κ2) is 17.4. The van der Waals surface area contributed by atoms with Crippen LogP contribution in [0.25, 0.3) is 88.3 Å². The van der Waals surface area contributed by atoms with Crippen LogP contribution in [0.4, 0.5) is 17.1 Å². The maximum Gasteiger partial charge on any atom is 0.143 e. The van der Waals surface area contributed by atoms with E-state index in [0.717, 1.165) is 55.7 Å². The van der Waals surface area contributed by atoms with E-state index in [4.69, 9.17) is 4.42 Å². The second-order valence-corrected chi connectivity index (χ2v) is 19.1. The maximum absolute atomic E-state index is 6.57. The first-order valence-corrected chi connectivity index (χ1v) is 25.2. The lowest BCUT2D eigenvalue weighted by Crippen LogP contribution is -2.28. The Kier molecular flexibility index (Phi) is 10.1. The molecule has 0 N–H and O–H groups in total. The quantitative estimate of drug-likeness (QED) is 0.143. The van der Waals surface area contributed by atoms with E-state index in [1.165, 1.54) is 72.0 Å². The average Bonchev–Trinajstić information content (AvgIpc) is 4.01. The summed E-state index contributed by atoms with van der Waals surface area (Å²) < 4.78 is 6.57. The number of para-hydroxylation sites is 2. The van der Waals surface area contributed by atoms with Crippen LogP contribution in [0.2, 0.25) is 0 Å². The van der Waals surface area contributed by atoms with Gasteiger partial charge in [-0.3, -0.25) is 0 Å². The number of hydrogen-bond acceptors (Lipinski definition) is 2. The zero-order chi connectivity index (χ0) is 48.3. The van der Waals surface area contributed by atoms with Gasteiger partial charge in [-0.1, -0.05) is 243 Å². The Balaban J connectivity index is 0.877. The van der Waals surface area contributed by atoms with Crippen molar-refractivity contribution in [3.8, 4) is 55.6 Å². The van der Waals surface area contributed by atoms with Crippen molar-refractivity contribution in [2.24, 2.45) is 0 Å². The Labute approximate surface area is 425 Å². The highest BCUT2D eigenvalue weighted by Crippen LogP contribution is 2.58. The molecule has 0 saturated heterocycles. The van der Waals surface area contributed by atoms with Crippen LogP contribution in [-0.2, 0) is 5.41 Å². The molecule has 0 amide bonds. The summed E-state index contributed by atoms with van der Waals surface area (Å²) in [5, 5.41) is 4.75. The molecule has 2 nitrogen and oxygen atoms in total. The van der Waals surface area contributed by atoms with Crippen molar-refractivity contribution in [2.45, 2.75) is 5.41 Å². The van der Waals surface area contributed by atoms with Crippen LogP contribution in [0.15, 0.2) is 290 Å². The molecular weight excluding hydrogens is 883 g/mol. The third-order valence-corrected chi connectivity index (χ3v) is 15.2. The minimum atomic E-state index is -0.468. The van der Waals surface area contributed by atoms with Crippen LogP contribution < -0.4 is 4.90 Å². The summed E-state index contributed by atoms with van der Waals surface area (Å²) in [6.45, 7) is 0. The lowest BCUT2D eigenvalue weighted by Gasteiger charge is -2.34. The van der Waals surface area contributed by atoms with E-state index in [0.29, 0.717) is 0 Å². The van der Waals surface area contributed by atoms with E-state index in [2.05, 4.69) is 284 Å². The van der Waals surface area contributed by atoms with Gasteiger partial charge >= 0.3 is 0 Å². The first-order chi connectivity index (χ1) is 36.2. The highest BCUT2D eigenvalue weighted by atomic mass is 16.3. The third-order valence-electron chi connectivity index (χ3n) is 15.2. The molecule has 0 radical (unpaired) electrons. The molecule has 0 bridgehead atoms. The smallest absolute Gasteiger partial charge is 0.143 e. The molecule has 0 spiro atoms. The number of anilines is 3. The van der Waals surface area contributed by atoms with Crippen molar-refractivity contribution in [1.29, 1.82) is 0 Å². The van der Waals surface area contributed by atoms with Gasteiger partial charge in [0.05, 0.1) is 5.41 Å². The first-order valence-electron chi connectivity index (χ1n) is 25.2. The minimum Gasteiger partial charge on any atom is -0.455 e.